The number of ketones is 1. The molecule has 4 atom stereocenters. The Balaban J connectivity index is 1.64. The average Bonchev–Trinajstić information content (AvgIpc) is 2.97. The number of amides is 2. The zero-order valence-electron chi connectivity index (χ0n) is 15.1. The predicted molar refractivity (Wildman–Crippen MR) is 103 cm³/mol. The molecule has 0 radical (unpaired) electrons. The van der Waals surface area contributed by atoms with E-state index in [1.807, 2.05) is 55.5 Å². The summed E-state index contributed by atoms with van der Waals surface area (Å²) in [5, 5.41) is 0. The molecular formula is C23H21NO3. The highest BCUT2D eigenvalue weighted by molar-refractivity contribution is 6.22. The van der Waals surface area contributed by atoms with Gasteiger partial charge in [-0.2, -0.15) is 0 Å². The molecule has 4 nitrogen and oxygen atoms in total. The summed E-state index contributed by atoms with van der Waals surface area (Å²) in [6.07, 6.45) is 4.16. The van der Waals surface area contributed by atoms with Crippen molar-refractivity contribution in [2.24, 2.45) is 23.7 Å². The summed E-state index contributed by atoms with van der Waals surface area (Å²) in [4.78, 5) is 40.2. The van der Waals surface area contributed by atoms with Crippen LogP contribution >= 0.6 is 0 Å². The van der Waals surface area contributed by atoms with Gasteiger partial charge in [0.05, 0.1) is 17.5 Å². The Hall–Kier alpha value is -3.01. The molecule has 2 aromatic carbocycles. The SMILES string of the molecule is C[C@@H]1C=C[C@H](CC(=O)c2ccccc2)C2C(=O)N(c3ccccc3)C(=O)C21. The Morgan fingerprint density at radius 3 is 2.11 bits per heavy atom. The first-order chi connectivity index (χ1) is 13.1. The molecule has 4 rings (SSSR count). The van der Waals surface area contributed by atoms with E-state index in [1.165, 1.54) is 4.90 Å². The van der Waals surface area contributed by atoms with Crippen molar-refractivity contribution in [3.8, 4) is 0 Å². The number of hydrogen-bond donors (Lipinski definition) is 0. The molecule has 2 aromatic rings. The first-order valence-electron chi connectivity index (χ1n) is 9.27. The summed E-state index contributed by atoms with van der Waals surface area (Å²) >= 11 is 0. The van der Waals surface area contributed by atoms with Crippen LogP contribution in [-0.4, -0.2) is 17.6 Å². The summed E-state index contributed by atoms with van der Waals surface area (Å²) in [6.45, 7) is 1.96. The van der Waals surface area contributed by atoms with E-state index in [-0.39, 0.29) is 35.9 Å². The van der Waals surface area contributed by atoms with Gasteiger partial charge in [-0.1, -0.05) is 67.6 Å². The van der Waals surface area contributed by atoms with Gasteiger partial charge in [-0.05, 0) is 24.0 Å². The fourth-order valence-corrected chi connectivity index (χ4v) is 4.26. The number of carbonyl (C=O) groups is 3. The van der Waals surface area contributed by atoms with Crippen molar-refractivity contribution in [2.45, 2.75) is 13.3 Å². The van der Waals surface area contributed by atoms with Crippen molar-refractivity contribution in [3.05, 3.63) is 78.4 Å². The molecule has 2 aliphatic rings. The van der Waals surface area contributed by atoms with Gasteiger partial charge in [0, 0.05) is 12.0 Å². The number of imide groups is 1. The second kappa shape index (κ2) is 6.95. The van der Waals surface area contributed by atoms with E-state index < -0.39 is 11.8 Å². The molecule has 1 saturated heterocycles. The molecule has 0 aromatic heterocycles. The van der Waals surface area contributed by atoms with Crippen LogP contribution in [0.15, 0.2) is 72.8 Å². The maximum absolute atomic E-state index is 13.2. The molecule has 136 valence electrons. The number of carbonyl (C=O) groups excluding carboxylic acids is 3. The normalized spacial score (nSPS) is 26.9. The molecule has 1 aliphatic heterocycles. The summed E-state index contributed by atoms with van der Waals surface area (Å²) < 4.78 is 0. The van der Waals surface area contributed by atoms with E-state index in [9.17, 15) is 14.4 Å². The molecule has 2 amide bonds. The lowest BCUT2D eigenvalue weighted by Gasteiger charge is -2.29. The predicted octanol–water partition coefficient (Wildman–Crippen LogP) is 3.89. The van der Waals surface area contributed by atoms with Crippen LogP contribution < -0.4 is 4.90 Å². The third-order valence-electron chi connectivity index (χ3n) is 5.62. The Bertz CT molecular complexity index is 904. The van der Waals surface area contributed by atoms with Crippen molar-refractivity contribution in [1.29, 1.82) is 0 Å². The summed E-state index contributed by atoms with van der Waals surface area (Å²) in [5.74, 6) is -1.53. The number of fused-ring (bicyclic) bond motifs is 1. The molecular weight excluding hydrogens is 338 g/mol. The number of para-hydroxylation sites is 1. The molecule has 0 spiro atoms. The van der Waals surface area contributed by atoms with Gasteiger partial charge in [0.2, 0.25) is 11.8 Å². The number of benzene rings is 2. The third-order valence-corrected chi connectivity index (χ3v) is 5.62. The highest BCUT2D eigenvalue weighted by Gasteiger charge is 2.54. The lowest BCUT2D eigenvalue weighted by atomic mass is 9.70. The van der Waals surface area contributed by atoms with E-state index >= 15 is 0 Å². The van der Waals surface area contributed by atoms with Crippen molar-refractivity contribution >= 4 is 23.3 Å². The maximum atomic E-state index is 13.2. The number of Topliss-reactive ketones (excluding diaryl/α,β-unsaturated/α-hetero) is 1. The standard InChI is InChI=1S/C23H21NO3/c1-15-12-13-17(14-19(25)16-8-4-2-5-9-16)21-20(15)22(26)24(23(21)27)18-10-6-3-7-11-18/h2-13,15,17,20-21H,14H2,1H3/t15-,17-,20?,21?/m1/s1. The van der Waals surface area contributed by atoms with Gasteiger partial charge in [-0.25, -0.2) is 0 Å². The van der Waals surface area contributed by atoms with Crippen LogP contribution in [0, 0.1) is 23.7 Å². The number of rotatable bonds is 4. The Morgan fingerprint density at radius 2 is 1.44 bits per heavy atom. The van der Waals surface area contributed by atoms with E-state index in [1.54, 1.807) is 24.3 Å². The topological polar surface area (TPSA) is 54.5 Å². The quantitative estimate of drug-likeness (QED) is 0.473. The van der Waals surface area contributed by atoms with Crippen LogP contribution in [0.1, 0.15) is 23.7 Å². The molecule has 1 aliphatic carbocycles. The minimum Gasteiger partial charge on any atom is -0.294 e. The fourth-order valence-electron chi connectivity index (χ4n) is 4.26. The van der Waals surface area contributed by atoms with Gasteiger partial charge in [-0.3, -0.25) is 19.3 Å². The molecule has 2 unspecified atom stereocenters. The minimum atomic E-state index is -0.481. The average molecular weight is 359 g/mol. The van der Waals surface area contributed by atoms with Crippen LogP contribution in [0.25, 0.3) is 0 Å². The summed E-state index contributed by atoms with van der Waals surface area (Å²) in [7, 11) is 0. The number of allylic oxidation sites excluding steroid dienone is 2. The summed E-state index contributed by atoms with van der Waals surface area (Å²) in [6, 6.07) is 18.1. The lowest BCUT2D eigenvalue weighted by Crippen LogP contribution is -2.33. The smallest absolute Gasteiger partial charge is 0.238 e. The van der Waals surface area contributed by atoms with Crippen LogP contribution in [0.3, 0.4) is 0 Å². The van der Waals surface area contributed by atoms with Crippen molar-refractivity contribution < 1.29 is 14.4 Å². The zero-order valence-corrected chi connectivity index (χ0v) is 15.1. The van der Waals surface area contributed by atoms with Gasteiger partial charge in [0.15, 0.2) is 5.78 Å². The van der Waals surface area contributed by atoms with Gasteiger partial charge < -0.3 is 0 Å². The Morgan fingerprint density at radius 1 is 0.852 bits per heavy atom. The largest absolute Gasteiger partial charge is 0.294 e. The van der Waals surface area contributed by atoms with Gasteiger partial charge >= 0.3 is 0 Å². The number of anilines is 1. The van der Waals surface area contributed by atoms with Gasteiger partial charge in [0.25, 0.3) is 0 Å². The Labute approximate surface area is 158 Å². The first-order valence-corrected chi connectivity index (χ1v) is 9.27. The number of nitrogens with zero attached hydrogens (tertiary/aromatic N) is 1. The Kier molecular flexibility index (Phi) is 4.48. The van der Waals surface area contributed by atoms with E-state index in [2.05, 4.69) is 0 Å². The van der Waals surface area contributed by atoms with Crippen LogP contribution in [0.4, 0.5) is 5.69 Å². The second-order valence-corrected chi connectivity index (χ2v) is 7.30. The van der Waals surface area contributed by atoms with Crippen LogP contribution in [-0.2, 0) is 9.59 Å². The lowest BCUT2D eigenvalue weighted by molar-refractivity contribution is -0.122. The molecule has 27 heavy (non-hydrogen) atoms. The molecule has 0 saturated carbocycles. The van der Waals surface area contributed by atoms with Crippen molar-refractivity contribution in [3.63, 3.8) is 0 Å². The number of hydrogen-bond acceptors (Lipinski definition) is 3. The van der Waals surface area contributed by atoms with Gasteiger partial charge in [-0.15, -0.1) is 0 Å². The highest BCUT2D eigenvalue weighted by atomic mass is 16.2. The maximum Gasteiger partial charge on any atom is 0.238 e. The zero-order chi connectivity index (χ0) is 19.0. The summed E-state index contributed by atoms with van der Waals surface area (Å²) in [5.41, 5.74) is 1.24. The molecule has 4 heteroatoms. The van der Waals surface area contributed by atoms with Crippen molar-refractivity contribution in [1.82, 2.24) is 0 Å². The van der Waals surface area contributed by atoms with Crippen LogP contribution in [0.2, 0.25) is 0 Å². The van der Waals surface area contributed by atoms with Gasteiger partial charge in [0.1, 0.15) is 0 Å². The first kappa shape index (κ1) is 17.4. The molecule has 1 fully saturated rings. The van der Waals surface area contributed by atoms with E-state index in [4.69, 9.17) is 0 Å². The second-order valence-electron chi connectivity index (χ2n) is 7.30. The third kappa shape index (κ3) is 3.01. The molecule has 0 N–H and O–H groups in total. The highest BCUT2D eigenvalue weighted by Crippen LogP contribution is 2.44. The fraction of sp³-hybridized carbons (Fsp3) is 0.261. The van der Waals surface area contributed by atoms with Crippen molar-refractivity contribution in [2.75, 3.05) is 4.90 Å². The minimum absolute atomic E-state index is 0.00281. The monoisotopic (exact) mass is 359 g/mol. The van der Waals surface area contributed by atoms with E-state index in [0.29, 0.717) is 11.3 Å². The molecule has 1 heterocycles. The molecule has 0 bridgehead atoms. The van der Waals surface area contributed by atoms with Crippen LogP contribution in [0.5, 0.6) is 0 Å². The van der Waals surface area contributed by atoms with E-state index in [0.717, 1.165) is 0 Å².